The number of halogens is 1. The van der Waals surface area contributed by atoms with E-state index in [-0.39, 0.29) is 5.28 Å². The highest BCUT2D eigenvalue weighted by atomic mass is 35.5. The van der Waals surface area contributed by atoms with Crippen LogP contribution in [0.1, 0.15) is 17.0 Å². The number of aromatic amines is 2. The quantitative estimate of drug-likeness (QED) is 0.636. The molecule has 3 N–H and O–H groups in total. The van der Waals surface area contributed by atoms with Gasteiger partial charge in [0.15, 0.2) is 11.5 Å². The summed E-state index contributed by atoms with van der Waals surface area (Å²) in [7, 11) is 0. The minimum Gasteiger partial charge on any atom is -0.362 e. The first-order valence-corrected chi connectivity index (χ1v) is 6.14. The van der Waals surface area contributed by atoms with Crippen molar-refractivity contribution >= 4 is 28.6 Å². The van der Waals surface area contributed by atoms with Gasteiger partial charge in [0.25, 0.3) is 0 Å². The van der Waals surface area contributed by atoms with Crippen molar-refractivity contribution in [1.82, 2.24) is 30.1 Å². The van der Waals surface area contributed by atoms with E-state index in [9.17, 15) is 0 Å². The SMILES string of the molecule is Cc1[nH]nc(CNc2nc(Cl)nc3nc[nH]c23)c1C. The molecule has 0 saturated carbocycles. The molecule has 3 aromatic heterocycles. The Bertz CT molecular complexity index is 730. The predicted molar refractivity (Wildman–Crippen MR) is 72.1 cm³/mol. The van der Waals surface area contributed by atoms with Crippen molar-refractivity contribution in [3.63, 3.8) is 0 Å². The summed E-state index contributed by atoms with van der Waals surface area (Å²) in [5, 5.41) is 10.5. The number of H-pyrrole nitrogens is 2. The molecule has 3 aromatic rings. The van der Waals surface area contributed by atoms with Crippen molar-refractivity contribution in [3.05, 3.63) is 28.6 Å². The van der Waals surface area contributed by atoms with Crippen LogP contribution < -0.4 is 5.32 Å². The van der Waals surface area contributed by atoms with Crippen molar-refractivity contribution in [2.45, 2.75) is 20.4 Å². The smallest absolute Gasteiger partial charge is 0.226 e. The molecule has 0 radical (unpaired) electrons. The number of anilines is 1. The molecule has 0 unspecified atom stereocenters. The molecule has 0 atom stereocenters. The lowest BCUT2D eigenvalue weighted by Crippen LogP contribution is -2.04. The molecular formula is C11H12ClN7. The highest BCUT2D eigenvalue weighted by Crippen LogP contribution is 2.19. The Morgan fingerprint density at radius 3 is 2.89 bits per heavy atom. The van der Waals surface area contributed by atoms with E-state index in [0.29, 0.717) is 18.0 Å². The second-order valence-electron chi connectivity index (χ2n) is 4.22. The molecule has 8 heteroatoms. The van der Waals surface area contributed by atoms with Crippen LogP contribution in [0, 0.1) is 13.8 Å². The lowest BCUT2D eigenvalue weighted by atomic mass is 10.2. The zero-order chi connectivity index (χ0) is 13.4. The summed E-state index contributed by atoms with van der Waals surface area (Å²) in [6.07, 6.45) is 1.56. The summed E-state index contributed by atoms with van der Waals surface area (Å²) in [4.78, 5) is 15.2. The third-order valence-electron chi connectivity index (χ3n) is 3.04. The summed E-state index contributed by atoms with van der Waals surface area (Å²) < 4.78 is 0. The number of aryl methyl sites for hydroxylation is 1. The number of hydrogen-bond donors (Lipinski definition) is 3. The van der Waals surface area contributed by atoms with Crippen molar-refractivity contribution in [1.29, 1.82) is 0 Å². The van der Waals surface area contributed by atoms with Gasteiger partial charge in [-0.05, 0) is 31.0 Å². The van der Waals surface area contributed by atoms with Gasteiger partial charge in [0, 0.05) is 5.69 Å². The van der Waals surface area contributed by atoms with E-state index >= 15 is 0 Å². The summed E-state index contributed by atoms with van der Waals surface area (Å²) >= 11 is 5.86. The van der Waals surface area contributed by atoms with Crippen molar-refractivity contribution in [2.75, 3.05) is 5.32 Å². The Morgan fingerprint density at radius 2 is 2.16 bits per heavy atom. The Labute approximate surface area is 113 Å². The number of aromatic nitrogens is 6. The first-order valence-electron chi connectivity index (χ1n) is 5.76. The van der Waals surface area contributed by atoms with Gasteiger partial charge in [0.1, 0.15) is 5.52 Å². The molecule has 0 fully saturated rings. The summed E-state index contributed by atoms with van der Waals surface area (Å²) in [6.45, 7) is 4.56. The molecule has 0 aliphatic rings. The van der Waals surface area contributed by atoms with E-state index in [1.165, 1.54) is 0 Å². The number of nitrogens with zero attached hydrogens (tertiary/aromatic N) is 4. The lowest BCUT2D eigenvalue weighted by Gasteiger charge is -2.05. The molecule has 0 amide bonds. The summed E-state index contributed by atoms with van der Waals surface area (Å²) in [6, 6.07) is 0. The first-order chi connectivity index (χ1) is 9.15. The molecule has 98 valence electrons. The van der Waals surface area contributed by atoms with Crippen LogP contribution in [0.2, 0.25) is 5.28 Å². The summed E-state index contributed by atoms with van der Waals surface area (Å²) in [5.41, 5.74) is 4.41. The van der Waals surface area contributed by atoms with Gasteiger partial charge in [-0.25, -0.2) is 4.98 Å². The van der Waals surface area contributed by atoms with Gasteiger partial charge < -0.3 is 10.3 Å². The van der Waals surface area contributed by atoms with Crippen molar-refractivity contribution in [3.8, 4) is 0 Å². The van der Waals surface area contributed by atoms with Crippen LogP contribution in [-0.2, 0) is 6.54 Å². The lowest BCUT2D eigenvalue weighted by molar-refractivity contribution is 0.960. The Balaban J connectivity index is 1.89. The predicted octanol–water partition coefficient (Wildman–Crippen LogP) is 1.96. The molecule has 19 heavy (non-hydrogen) atoms. The molecular weight excluding hydrogens is 266 g/mol. The summed E-state index contributed by atoms with van der Waals surface area (Å²) in [5.74, 6) is 0.618. The highest BCUT2D eigenvalue weighted by molar-refractivity contribution is 6.28. The van der Waals surface area contributed by atoms with Crippen LogP contribution in [0.25, 0.3) is 11.2 Å². The monoisotopic (exact) mass is 277 g/mol. The largest absolute Gasteiger partial charge is 0.362 e. The maximum atomic E-state index is 5.86. The van der Waals surface area contributed by atoms with Gasteiger partial charge in [-0.2, -0.15) is 15.1 Å². The molecule has 0 bridgehead atoms. The normalized spacial score (nSPS) is 11.1. The number of fused-ring (bicyclic) bond motifs is 1. The molecule has 0 aliphatic carbocycles. The molecule has 7 nitrogen and oxygen atoms in total. The fourth-order valence-electron chi connectivity index (χ4n) is 1.81. The van der Waals surface area contributed by atoms with Gasteiger partial charge in [0.05, 0.1) is 18.6 Å². The molecule has 0 aromatic carbocycles. The third-order valence-corrected chi connectivity index (χ3v) is 3.20. The molecule has 3 rings (SSSR count). The van der Waals surface area contributed by atoms with Crippen LogP contribution >= 0.6 is 11.6 Å². The van der Waals surface area contributed by atoms with E-state index in [2.05, 4.69) is 35.5 Å². The van der Waals surface area contributed by atoms with Gasteiger partial charge in [-0.1, -0.05) is 0 Å². The van der Waals surface area contributed by atoms with E-state index in [4.69, 9.17) is 11.6 Å². The number of imidazole rings is 1. The van der Waals surface area contributed by atoms with E-state index < -0.39 is 0 Å². The van der Waals surface area contributed by atoms with Gasteiger partial charge in [-0.15, -0.1) is 0 Å². The number of rotatable bonds is 3. The fraction of sp³-hybridized carbons (Fsp3) is 0.273. The van der Waals surface area contributed by atoms with Gasteiger partial charge >= 0.3 is 0 Å². The van der Waals surface area contributed by atoms with E-state index in [0.717, 1.165) is 22.5 Å². The second kappa shape index (κ2) is 4.51. The molecule has 0 aliphatic heterocycles. The van der Waals surface area contributed by atoms with E-state index in [1.807, 2.05) is 13.8 Å². The maximum absolute atomic E-state index is 5.86. The zero-order valence-electron chi connectivity index (χ0n) is 10.5. The highest BCUT2D eigenvalue weighted by Gasteiger charge is 2.10. The average molecular weight is 278 g/mol. The fourth-order valence-corrected chi connectivity index (χ4v) is 1.97. The van der Waals surface area contributed by atoms with Crippen LogP contribution in [0.5, 0.6) is 0 Å². The Kier molecular flexibility index (Phi) is 2.83. The van der Waals surface area contributed by atoms with Gasteiger partial charge in [-0.3, -0.25) is 5.10 Å². The number of hydrogen-bond acceptors (Lipinski definition) is 5. The number of nitrogens with one attached hydrogen (secondary N) is 3. The minimum atomic E-state index is 0.164. The maximum Gasteiger partial charge on any atom is 0.226 e. The second-order valence-corrected chi connectivity index (χ2v) is 4.55. The molecule has 0 spiro atoms. The van der Waals surface area contributed by atoms with E-state index in [1.54, 1.807) is 6.33 Å². The van der Waals surface area contributed by atoms with Crippen LogP contribution in [0.15, 0.2) is 6.33 Å². The van der Waals surface area contributed by atoms with Crippen LogP contribution in [0.4, 0.5) is 5.82 Å². The zero-order valence-corrected chi connectivity index (χ0v) is 11.2. The van der Waals surface area contributed by atoms with Crippen LogP contribution in [0.3, 0.4) is 0 Å². The van der Waals surface area contributed by atoms with Crippen LogP contribution in [-0.4, -0.2) is 30.1 Å². The third kappa shape index (κ3) is 2.12. The minimum absolute atomic E-state index is 0.164. The Hall–Kier alpha value is -2.15. The van der Waals surface area contributed by atoms with Crippen molar-refractivity contribution < 1.29 is 0 Å². The topological polar surface area (TPSA) is 95.2 Å². The standard InChI is InChI=1S/C11H12ClN7/c1-5-6(2)18-19-7(5)3-13-9-8-10(15-4-14-8)17-11(12)16-9/h4H,3H2,1-2H3,(H,18,19)(H2,13,14,15,16,17). The van der Waals surface area contributed by atoms with Crippen molar-refractivity contribution in [2.24, 2.45) is 0 Å². The molecule has 0 saturated heterocycles. The average Bonchev–Trinajstić information content (AvgIpc) is 2.96. The molecule has 3 heterocycles. The Morgan fingerprint density at radius 1 is 1.32 bits per heavy atom. The first kappa shape index (κ1) is 11.9. The van der Waals surface area contributed by atoms with Gasteiger partial charge in [0.2, 0.25) is 5.28 Å².